The summed E-state index contributed by atoms with van der Waals surface area (Å²) >= 11 is 0. The molecule has 0 aliphatic heterocycles. The number of hydrogen-bond acceptors (Lipinski definition) is 3. The first-order valence-corrected chi connectivity index (χ1v) is 9.90. The monoisotopic (exact) mass is 385 g/mol. The van der Waals surface area contributed by atoms with Gasteiger partial charge in [-0.3, -0.25) is 0 Å². The Morgan fingerprint density at radius 1 is 0.926 bits per heavy atom. The molecule has 0 unspecified atom stereocenters. The molecule has 0 heterocycles. The normalized spacial score (nSPS) is 13.9. The van der Waals surface area contributed by atoms with Crippen molar-refractivity contribution in [2.24, 2.45) is 0 Å². The average molecular weight is 385 g/mol. The van der Waals surface area contributed by atoms with E-state index in [1.807, 2.05) is 42.5 Å². The highest BCUT2D eigenvalue weighted by Gasteiger charge is 2.26. The van der Waals surface area contributed by atoms with Gasteiger partial charge in [-0.05, 0) is 41.8 Å². The summed E-state index contributed by atoms with van der Waals surface area (Å²) in [5.74, 6) is -0.638. The lowest BCUT2D eigenvalue weighted by atomic mass is 9.94. The van der Waals surface area contributed by atoms with Crippen molar-refractivity contribution in [1.82, 2.24) is 4.72 Å². The summed E-state index contributed by atoms with van der Waals surface area (Å²) < 4.78 is 40.2. The number of rotatable bonds is 6. The van der Waals surface area contributed by atoms with E-state index < -0.39 is 21.4 Å². The standard InChI is InChI=1S/C21H20FNO3S/c1-21(24,15-23-27(25,26)20-9-5-8-19(22)14-20)18-12-10-17(11-13-18)16-6-3-2-4-7-16/h2-14,23-24H,15H2,1H3/t21-/m0/s1. The fourth-order valence-corrected chi connectivity index (χ4v) is 3.87. The highest BCUT2D eigenvalue weighted by Crippen LogP contribution is 2.25. The lowest BCUT2D eigenvalue weighted by Gasteiger charge is -2.24. The summed E-state index contributed by atoms with van der Waals surface area (Å²) in [5.41, 5.74) is 1.20. The molecule has 140 valence electrons. The molecule has 0 amide bonds. The Hall–Kier alpha value is -2.54. The van der Waals surface area contributed by atoms with Crippen molar-refractivity contribution in [3.05, 3.63) is 90.2 Å². The van der Waals surface area contributed by atoms with E-state index in [1.54, 1.807) is 12.1 Å². The van der Waals surface area contributed by atoms with Gasteiger partial charge in [-0.2, -0.15) is 0 Å². The van der Waals surface area contributed by atoms with Gasteiger partial charge in [0.15, 0.2) is 0 Å². The van der Waals surface area contributed by atoms with Gasteiger partial charge >= 0.3 is 0 Å². The Morgan fingerprint density at radius 3 is 2.19 bits per heavy atom. The second kappa shape index (κ2) is 7.60. The van der Waals surface area contributed by atoms with Crippen LogP contribution in [-0.2, 0) is 15.6 Å². The third-order valence-corrected chi connectivity index (χ3v) is 5.73. The van der Waals surface area contributed by atoms with E-state index in [2.05, 4.69) is 4.72 Å². The van der Waals surface area contributed by atoms with Gasteiger partial charge in [0.05, 0.1) is 4.90 Å². The number of benzene rings is 3. The van der Waals surface area contributed by atoms with Crippen molar-refractivity contribution >= 4 is 10.0 Å². The minimum atomic E-state index is -3.93. The Kier molecular flexibility index (Phi) is 5.41. The van der Waals surface area contributed by atoms with E-state index in [9.17, 15) is 17.9 Å². The van der Waals surface area contributed by atoms with Crippen LogP contribution in [0.2, 0.25) is 0 Å². The summed E-state index contributed by atoms with van der Waals surface area (Å²) in [7, 11) is -3.93. The van der Waals surface area contributed by atoms with Gasteiger partial charge in [-0.1, -0.05) is 60.7 Å². The van der Waals surface area contributed by atoms with E-state index in [0.29, 0.717) is 5.56 Å². The molecule has 0 radical (unpaired) electrons. The van der Waals surface area contributed by atoms with Crippen LogP contribution in [0.15, 0.2) is 83.8 Å². The molecular weight excluding hydrogens is 365 g/mol. The van der Waals surface area contributed by atoms with Crippen LogP contribution in [0.5, 0.6) is 0 Å². The molecule has 0 aliphatic carbocycles. The van der Waals surface area contributed by atoms with Crippen LogP contribution < -0.4 is 4.72 Å². The molecule has 0 fully saturated rings. The summed E-state index contributed by atoms with van der Waals surface area (Å²) in [6.07, 6.45) is 0. The lowest BCUT2D eigenvalue weighted by molar-refractivity contribution is 0.0627. The lowest BCUT2D eigenvalue weighted by Crippen LogP contribution is -2.38. The van der Waals surface area contributed by atoms with Crippen LogP contribution in [-0.4, -0.2) is 20.1 Å². The van der Waals surface area contributed by atoms with E-state index in [1.165, 1.54) is 25.1 Å². The van der Waals surface area contributed by atoms with Crippen LogP contribution in [0.4, 0.5) is 4.39 Å². The number of hydrogen-bond donors (Lipinski definition) is 2. The molecule has 2 N–H and O–H groups in total. The fourth-order valence-electron chi connectivity index (χ4n) is 2.71. The quantitative estimate of drug-likeness (QED) is 0.680. The predicted molar refractivity (Wildman–Crippen MR) is 103 cm³/mol. The first-order chi connectivity index (χ1) is 12.8. The molecule has 0 saturated carbocycles. The van der Waals surface area contributed by atoms with Gasteiger partial charge in [0.2, 0.25) is 10.0 Å². The topological polar surface area (TPSA) is 66.4 Å². The SMILES string of the molecule is C[C@](O)(CNS(=O)(=O)c1cccc(F)c1)c1ccc(-c2ccccc2)cc1. The highest BCUT2D eigenvalue weighted by molar-refractivity contribution is 7.89. The van der Waals surface area contributed by atoms with Crippen LogP contribution >= 0.6 is 0 Å². The molecule has 0 aromatic heterocycles. The zero-order chi connectivity index (χ0) is 19.5. The third-order valence-electron chi connectivity index (χ3n) is 4.33. The predicted octanol–water partition coefficient (Wildman–Crippen LogP) is 3.68. The van der Waals surface area contributed by atoms with Gasteiger partial charge in [0.1, 0.15) is 11.4 Å². The van der Waals surface area contributed by atoms with Gasteiger partial charge in [0, 0.05) is 6.54 Å². The third kappa shape index (κ3) is 4.60. The Balaban J connectivity index is 1.74. The minimum Gasteiger partial charge on any atom is -0.384 e. The average Bonchev–Trinajstić information content (AvgIpc) is 2.67. The second-order valence-electron chi connectivity index (χ2n) is 6.50. The van der Waals surface area contributed by atoms with Crippen LogP contribution in [0.3, 0.4) is 0 Å². The Morgan fingerprint density at radius 2 is 1.56 bits per heavy atom. The molecule has 6 heteroatoms. The van der Waals surface area contributed by atoms with Crippen molar-refractivity contribution in [3.63, 3.8) is 0 Å². The van der Waals surface area contributed by atoms with Crippen LogP contribution in [0.1, 0.15) is 12.5 Å². The van der Waals surface area contributed by atoms with Crippen molar-refractivity contribution in [2.75, 3.05) is 6.54 Å². The van der Waals surface area contributed by atoms with E-state index >= 15 is 0 Å². The summed E-state index contributed by atoms with van der Waals surface area (Å²) in [6.45, 7) is 1.29. The number of halogens is 1. The summed E-state index contributed by atoms with van der Waals surface area (Å²) in [4.78, 5) is -0.183. The van der Waals surface area contributed by atoms with E-state index in [0.717, 1.165) is 17.2 Å². The maximum atomic E-state index is 13.3. The Bertz CT molecular complexity index is 1020. The molecule has 0 bridgehead atoms. The first-order valence-electron chi connectivity index (χ1n) is 8.41. The van der Waals surface area contributed by atoms with E-state index in [-0.39, 0.29) is 11.4 Å². The zero-order valence-corrected chi connectivity index (χ0v) is 15.6. The van der Waals surface area contributed by atoms with Crippen LogP contribution in [0, 0.1) is 5.82 Å². The van der Waals surface area contributed by atoms with Crippen molar-refractivity contribution < 1.29 is 17.9 Å². The van der Waals surface area contributed by atoms with Gasteiger partial charge in [-0.25, -0.2) is 17.5 Å². The first kappa shape index (κ1) is 19.2. The molecule has 3 aromatic rings. The van der Waals surface area contributed by atoms with Crippen LogP contribution in [0.25, 0.3) is 11.1 Å². The molecule has 4 nitrogen and oxygen atoms in total. The number of aliphatic hydroxyl groups is 1. The van der Waals surface area contributed by atoms with Crippen molar-refractivity contribution in [1.29, 1.82) is 0 Å². The van der Waals surface area contributed by atoms with Gasteiger partial charge in [-0.15, -0.1) is 0 Å². The number of sulfonamides is 1. The molecule has 0 spiro atoms. The fraction of sp³-hybridized carbons (Fsp3) is 0.143. The van der Waals surface area contributed by atoms with Gasteiger partial charge in [0.25, 0.3) is 0 Å². The minimum absolute atomic E-state index is 0.183. The molecule has 0 saturated heterocycles. The Labute approximate surface area is 158 Å². The molecule has 3 rings (SSSR count). The second-order valence-corrected chi connectivity index (χ2v) is 8.27. The molecule has 0 aliphatic rings. The zero-order valence-electron chi connectivity index (χ0n) is 14.8. The summed E-state index contributed by atoms with van der Waals surface area (Å²) in [6, 6.07) is 21.8. The molecule has 27 heavy (non-hydrogen) atoms. The molecule has 1 atom stereocenters. The molecular formula is C21H20FNO3S. The van der Waals surface area contributed by atoms with Gasteiger partial charge < -0.3 is 5.11 Å². The van der Waals surface area contributed by atoms with Crippen molar-refractivity contribution in [3.8, 4) is 11.1 Å². The van der Waals surface area contributed by atoms with Crippen molar-refractivity contribution in [2.45, 2.75) is 17.4 Å². The smallest absolute Gasteiger partial charge is 0.240 e. The number of nitrogens with one attached hydrogen (secondary N) is 1. The van der Waals surface area contributed by atoms with E-state index in [4.69, 9.17) is 0 Å². The largest absolute Gasteiger partial charge is 0.384 e. The highest BCUT2D eigenvalue weighted by atomic mass is 32.2. The maximum absolute atomic E-state index is 13.3. The summed E-state index contributed by atoms with van der Waals surface area (Å²) in [5, 5.41) is 10.7. The molecule has 3 aromatic carbocycles. The maximum Gasteiger partial charge on any atom is 0.240 e.